The van der Waals surface area contributed by atoms with Crippen LogP contribution in [0.4, 0.5) is 0 Å². The van der Waals surface area contributed by atoms with Gasteiger partial charge in [0.2, 0.25) is 0 Å². The maximum Gasteiger partial charge on any atom is 0.0950 e. The largest absolute Gasteiger partial charge is 0.336 e. The van der Waals surface area contributed by atoms with E-state index in [0.717, 1.165) is 25.3 Å². The van der Waals surface area contributed by atoms with E-state index >= 15 is 0 Å². The van der Waals surface area contributed by atoms with Gasteiger partial charge >= 0.3 is 0 Å². The minimum atomic E-state index is 0.517. The predicted molar refractivity (Wildman–Crippen MR) is 74.3 cm³/mol. The second kappa shape index (κ2) is 5.44. The Morgan fingerprint density at radius 3 is 2.88 bits per heavy atom. The summed E-state index contributed by atoms with van der Waals surface area (Å²) in [4.78, 5) is 4.45. The monoisotopic (exact) mass is 253 g/mol. The molecule has 1 aromatic rings. The van der Waals surface area contributed by atoms with Crippen LogP contribution >= 0.6 is 11.8 Å². The summed E-state index contributed by atoms with van der Waals surface area (Å²) >= 11 is 2.00. The summed E-state index contributed by atoms with van der Waals surface area (Å²) in [5, 5.41) is 3.43. The van der Waals surface area contributed by atoms with Gasteiger partial charge in [-0.3, -0.25) is 0 Å². The maximum atomic E-state index is 4.45. The molecule has 1 aliphatic carbocycles. The van der Waals surface area contributed by atoms with E-state index in [2.05, 4.69) is 41.2 Å². The molecule has 0 amide bonds. The lowest BCUT2D eigenvalue weighted by Gasteiger charge is -2.11. The van der Waals surface area contributed by atoms with E-state index in [1.165, 1.54) is 12.8 Å². The van der Waals surface area contributed by atoms with Crippen molar-refractivity contribution >= 4 is 11.8 Å². The van der Waals surface area contributed by atoms with E-state index in [4.69, 9.17) is 0 Å². The second-order valence-corrected chi connectivity index (χ2v) is 6.72. The summed E-state index contributed by atoms with van der Waals surface area (Å²) < 4.78 is 2.76. The molecule has 0 aliphatic heterocycles. The van der Waals surface area contributed by atoms with Crippen molar-refractivity contribution < 1.29 is 0 Å². The van der Waals surface area contributed by atoms with Gasteiger partial charge in [0.1, 0.15) is 0 Å². The lowest BCUT2D eigenvalue weighted by molar-refractivity contribution is 0.548. The standard InChI is InChI=1S/C13H23N3S/c1-11(2)6-14-7-12-8-16(10-15-12)9-13(17-3)4-5-13/h8,10-11,14H,4-7,9H2,1-3H3. The van der Waals surface area contributed by atoms with Crippen LogP contribution in [0.2, 0.25) is 0 Å². The van der Waals surface area contributed by atoms with Gasteiger partial charge in [0, 0.05) is 24.0 Å². The zero-order valence-corrected chi connectivity index (χ0v) is 11.9. The van der Waals surface area contributed by atoms with Crippen molar-refractivity contribution in [1.82, 2.24) is 14.9 Å². The minimum Gasteiger partial charge on any atom is -0.336 e. The van der Waals surface area contributed by atoms with Gasteiger partial charge in [-0.2, -0.15) is 11.8 Å². The number of hydrogen-bond acceptors (Lipinski definition) is 3. The van der Waals surface area contributed by atoms with Crippen molar-refractivity contribution in [1.29, 1.82) is 0 Å². The first-order valence-corrected chi connectivity index (χ1v) is 7.62. The molecule has 1 aliphatic rings. The number of nitrogens with zero attached hydrogens (tertiary/aromatic N) is 2. The van der Waals surface area contributed by atoms with Gasteiger partial charge in [0.15, 0.2) is 0 Å². The summed E-state index contributed by atoms with van der Waals surface area (Å²) in [7, 11) is 0. The molecule has 0 radical (unpaired) electrons. The van der Waals surface area contributed by atoms with Crippen LogP contribution in [0.3, 0.4) is 0 Å². The molecule has 96 valence electrons. The normalized spacial score (nSPS) is 17.6. The van der Waals surface area contributed by atoms with E-state index < -0.39 is 0 Å². The molecule has 17 heavy (non-hydrogen) atoms. The Balaban J connectivity index is 1.79. The molecule has 1 heterocycles. The highest BCUT2D eigenvalue weighted by Crippen LogP contribution is 2.48. The van der Waals surface area contributed by atoms with E-state index in [0.29, 0.717) is 10.7 Å². The Bertz CT molecular complexity index is 355. The van der Waals surface area contributed by atoms with Gasteiger partial charge < -0.3 is 9.88 Å². The fourth-order valence-electron chi connectivity index (χ4n) is 1.97. The van der Waals surface area contributed by atoms with Crippen molar-refractivity contribution in [2.45, 2.75) is 44.5 Å². The first-order chi connectivity index (χ1) is 8.13. The van der Waals surface area contributed by atoms with Gasteiger partial charge in [-0.05, 0) is 31.6 Å². The number of aromatic nitrogens is 2. The third kappa shape index (κ3) is 3.75. The second-order valence-electron chi connectivity index (χ2n) is 5.45. The SMILES string of the molecule is CSC1(Cn2cnc(CNCC(C)C)c2)CC1. The quantitative estimate of drug-likeness (QED) is 0.810. The highest BCUT2D eigenvalue weighted by Gasteiger charge is 2.42. The number of rotatable bonds is 7. The Hall–Kier alpha value is -0.480. The van der Waals surface area contributed by atoms with Crippen molar-refractivity contribution in [2.24, 2.45) is 5.92 Å². The Morgan fingerprint density at radius 1 is 1.53 bits per heavy atom. The van der Waals surface area contributed by atoms with Gasteiger partial charge in [0.05, 0.1) is 12.0 Å². The van der Waals surface area contributed by atoms with Crippen LogP contribution in [0.5, 0.6) is 0 Å². The van der Waals surface area contributed by atoms with Crippen molar-refractivity contribution in [2.75, 3.05) is 12.8 Å². The molecule has 1 aromatic heterocycles. The first-order valence-electron chi connectivity index (χ1n) is 6.40. The molecule has 2 rings (SSSR count). The zero-order valence-electron chi connectivity index (χ0n) is 11.1. The lowest BCUT2D eigenvalue weighted by Crippen LogP contribution is -2.19. The van der Waals surface area contributed by atoms with Gasteiger partial charge in [-0.1, -0.05) is 13.8 Å². The fourth-order valence-corrected chi connectivity index (χ4v) is 2.76. The number of thioether (sulfide) groups is 1. The van der Waals surface area contributed by atoms with E-state index in [1.807, 2.05) is 18.1 Å². The molecule has 4 heteroatoms. The topological polar surface area (TPSA) is 29.9 Å². The molecule has 3 nitrogen and oxygen atoms in total. The molecule has 0 unspecified atom stereocenters. The molecule has 1 fully saturated rings. The third-order valence-corrected chi connectivity index (χ3v) is 4.66. The van der Waals surface area contributed by atoms with E-state index in [1.54, 1.807) is 0 Å². The fraction of sp³-hybridized carbons (Fsp3) is 0.769. The minimum absolute atomic E-state index is 0.517. The van der Waals surface area contributed by atoms with Gasteiger partial charge in [-0.25, -0.2) is 4.98 Å². The summed E-state index contributed by atoms with van der Waals surface area (Å²) in [6.07, 6.45) is 9.09. The third-order valence-electron chi connectivity index (χ3n) is 3.26. The smallest absolute Gasteiger partial charge is 0.0950 e. The lowest BCUT2D eigenvalue weighted by atomic mass is 10.2. The van der Waals surface area contributed by atoms with E-state index in [-0.39, 0.29) is 0 Å². The van der Waals surface area contributed by atoms with Crippen molar-refractivity contribution in [3.8, 4) is 0 Å². The van der Waals surface area contributed by atoms with Crippen LogP contribution in [0.1, 0.15) is 32.4 Å². The van der Waals surface area contributed by atoms with Crippen LogP contribution < -0.4 is 5.32 Å². The Kier molecular flexibility index (Phi) is 4.15. The maximum absolute atomic E-state index is 4.45. The summed E-state index contributed by atoms with van der Waals surface area (Å²) in [6, 6.07) is 0. The molecular formula is C13H23N3S. The van der Waals surface area contributed by atoms with Crippen molar-refractivity contribution in [3.05, 3.63) is 18.2 Å². The summed E-state index contributed by atoms with van der Waals surface area (Å²) in [6.45, 7) is 7.51. The van der Waals surface area contributed by atoms with Crippen LogP contribution in [0.25, 0.3) is 0 Å². The molecule has 1 saturated carbocycles. The predicted octanol–water partition coefficient (Wildman–Crippen LogP) is 2.52. The van der Waals surface area contributed by atoms with Crippen LogP contribution in [-0.2, 0) is 13.1 Å². The Morgan fingerprint density at radius 2 is 2.29 bits per heavy atom. The number of nitrogens with one attached hydrogen (secondary N) is 1. The number of imidazole rings is 1. The van der Waals surface area contributed by atoms with Crippen LogP contribution in [0.15, 0.2) is 12.5 Å². The Labute approximate surface area is 108 Å². The first kappa shape index (κ1) is 13.0. The highest BCUT2D eigenvalue weighted by molar-refractivity contribution is 8.00. The van der Waals surface area contributed by atoms with Gasteiger partial charge in [0.25, 0.3) is 0 Å². The molecule has 0 atom stereocenters. The van der Waals surface area contributed by atoms with E-state index in [9.17, 15) is 0 Å². The summed E-state index contributed by atoms with van der Waals surface area (Å²) in [5.41, 5.74) is 1.16. The van der Waals surface area contributed by atoms with Gasteiger partial charge in [-0.15, -0.1) is 0 Å². The molecular weight excluding hydrogens is 230 g/mol. The summed E-state index contributed by atoms with van der Waals surface area (Å²) in [5.74, 6) is 0.698. The highest BCUT2D eigenvalue weighted by atomic mass is 32.2. The van der Waals surface area contributed by atoms with Crippen LogP contribution in [-0.4, -0.2) is 27.1 Å². The van der Waals surface area contributed by atoms with Crippen molar-refractivity contribution in [3.63, 3.8) is 0 Å². The average Bonchev–Trinajstić information content (AvgIpc) is 2.92. The number of hydrogen-bond donors (Lipinski definition) is 1. The molecule has 0 aromatic carbocycles. The zero-order chi connectivity index (χ0) is 12.3. The molecule has 0 bridgehead atoms. The molecule has 1 N–H and O–H groups in total. The molecule has 0 saturated heterocycles. The average molecular weight is 253 g/mol. The van der Waals surface area contributed by atoms with Crippen LogP contribution in [0, 0.1) is 5.92 Å². The molecule has 0 spiro atoms.